The first-order valence-electron chi connectivity index (χ1n) is 8.21. The van der Waals surface area contributed by atoms with E-state index >= 15 is 0 Å². The highest BCUT2D eigenvalue weighted by atomic mass is 16.4. The highest BCUT2D eigenvalue weighted by Crippen LogP contribution is 2.27. The van der Waals surface area contributed by atoms with E-state index in [2.05, 4.69) is 4.90 Å². The van der Waals surface area contributed by atoms with Gasteiger partial charge in [0.25, 0.3) is 0 Å². The molecule has 110 valence electrons. The van der Waals surface area contributed by atoms with E-state index in [9.17, 15) is 4.79 Å². The molecule has 3 heteroatoms. The maximum absolute atomic E-state index is 10.8. The molecule has 1 heterocycles. The van der Waals surface area contributed by atoms with Gasteiger partial charge in [0.15, 0.2) is 0 Å². The summed E-state index contributed by atoms with van der Waals surface area (Å²) in [6, 6.07) is 0.535. The van der Waals surface area contributed by atoms with Crippen molar-refractivity contribution in [3.63, 3.8) is 0 Å². The van der Waals surface area contributed by atoms with Crippen molar-refractivity contribution in [2.24, 2.45) is 5.92 Å². The van der Waals surface area contributed by atoms with Gasteiger partial charge >= 0.3 is 5.97 Å². The summed E-state index contributed by atoms with van der Waals surface area (Å²) in [7, 11) is 0. The first-order valence-corrected chi connectivity index (χ1v) is 8.21. The minimum atomic E-state index is -0.639. The molecule has 1 atom stereocenters. The van der Waals surface area contributed by atoms with Gasteiger partial charge in [-0.1, -0.05) is 32.1 Å². The summed E-state index contributed by atoms with van der Waals surface area (Å²) in [5.41, 5.74) is 0. The second kappa shape index (κ2) is 7.88. The summed E-state index contributed by atoms with van der Waals surface area (Å²) >= 11 is 0. The molecule has 0 amide bonds. The molecule has 3 nitrogen and oxygen atoms in total. The fourth-order valence-electron chi connectivity index (χ4n) is 3.80. The molecule has 2 aliphatic rings. The van der Waals surface area contributed by atoms with Gasteiger partial charge in [-0.25, -0.2) is 0 Å². The zero-order valence-corrected chi connectivity index (χ0v) is 12.1. The Morgan fingerprint density at radius 2 is 1.68 bits per heavy atom. The summed E-state index contributed by atoms with van der Waals surface area (Å²) in [5, 5.41) is 8.87. The highest BCUT2D eigenvalue weighted by molar-refractivity contribution is 5.66. The lowest BCUT2D eigenvalue weighted by Crippen LogP contribution is -2.42. The van der Waals surface area contributed by atoms with Crippen molar-refractivity contribution >= 4 is 5.97 Å². The van der Waals surface area contributed by atoms with Crippen LogP contribution in [0, 0.1) is 5.92 Å². The van der Waals surface area contributed by atoms with Crippen LogP contribution in [-0.2, 0) is 4.79 Å². The molecule has 1 saturated heterocycles. The quantitative estimate of drug-likeness (QED) is 0.773. The van der Waals surface area contributed by atoms with E-state index in [0.29, 0.717) is 12.5 Å². The molecule has 0 aromatic carbocycles. The Morgan fingerprint density at radius 1 is 1.00 bits per heavy atom. The van der Waals surface area contributed by atoms with Crippen molar-refractivity contribution in [3.8, 4) is 0 Å². The second-order valence-electron chi connectivity index (χ2n) is 6.43. The van der Waals surface area contributed by atoms with Crippen molar-refractivity contribution in [3.05, 3.63) is 0 Å². The lowest BCUT2D eigenvalue weighted by molar-refractivity contribution is -0.137. The van der Waals surface area contributed by atoms with Gasteiger partial charge in [0, 0.05) is 19.0 Å². The fourth-order valence-corrected chi connectivity index (χ4v) is 3.80. The standard InChI is InChI=1S/C16H29NO2/c18-16(19)11-10-15-9-5-6-12-17(15)13-14-7-3-1-2-4-8-14/h14-15H,1-13H2,(H,18,19). The van der Waals surface area contributed by atoms with Gasteiger partial charge in [0.1, 0.15) is 0 Å². The molecular weight excluding hydrogens is 238 g/mol. The molecule has 0 radical (unpaired) electrons. The van der Waals surface area contributed by atoms with Crippen LogP contribution in [-0.4, -0.2) is 35.1 Å². The van der Waals surface area contributed by atoms with E-state index < -0.39 is 5.97 Å². The molecule has 19 heavy (non-hydrogen) atoms. The van der Waals surface area contributed by atoms with Gasteiger partial charge < -0.3 is 10.0 Å². The smallest absolute Gasteiger partial charge is 0.303 e. The lowest BCUT2D eigenvalue weighted by atomic mass is 9.93. The monoisotopic (exact) mass is 267 g/mol. The molecule has 0 bridgehead atoms. The molecule has 2 rings (SSSR count). The number of hydrogen-bond acceptors (Lipinski definition) is 2. The van der Waals surface area contributed by atoms with Gasteiger partial charge in [0.05, 0.1) is 0 Å². The Morgan fingerprint density at radius 3 is 2.37 bits per heavy atom. The summed E-state index contributed by atoms with van der Waals surface area (Å²) in [6.07, 6.45) is 13.4. The number of rotatable bonds is 5. The Bertz CT molecular complexity index is 272. The average Bonchev–Trinajstić information content (AvgIpc) is 2.66. The van der Waals surface area contributed by atoms with Crippen molar-refractivity contribution in [2.75, 3.05) is 13.1 Å². The number of carbonyl (C=O) groups is 1. The second-order valence-corrected chi connectivity index (χ2v) is 6.43. The zero-order chi connectivity index (χ0) is 13.5. The van der Waals surface area contributed by atoms with Crippen LogP contribution in [0.1, 0.15) is 70.6 Å². The number of piperidine rings is 1. The van der Waals surface area contributed by atoms with E-state index in [1.54, 1.807) is 0 Å². The molecule has 1 saturated carbocycles. The van der Waals surface area contributed by atoms with Crippen LogP contribution in [0.2, 0.25) is 0 Å². The maximum Gasteiger partial charge on any atom is 0.303 e. The van der Waals surface area contributed by atoms with Crippen LogP contribution in [0.3, 0.4) is 0 Å². The Kier molecular flexibility index (Phi) is 6.15. The van der Waals surface area contributed by atoms with E-state index in [-0.39, 0.29) is 0 Å². The predicted octanol–water partition coefficient (Wildman–Crippen LogP) is 3.68. The number of aliphatic carboxylic acids is 1. The Hall–Kier alpha value is -0.570. The summed E-state index contributed by atoms with van der Waals surface area (Å²) < 4.78 is 0. The summed E-state index contributed by atoms with van der Waals surface area (Å²) in [6.45, 7) is 2.42. The van der Waals surface area contributed by atoms with Crippen molar-refractivity contribution < 1.29 is 9.90 Å². The van der Waals surface area contributed by atoms with E-state index in [0.717, 1.165) is 12.3 Å². The number of likely N-dealkylation sites (tertiary alicyclic amines) is 1. The number of hydrogen-bond donors (Lipinski definition) is 1. The predicted molar refractivity (Wildman–Crippen MR) is 77.3 cm³/mol. The molecule has 1 N–H and O–H groups in total. The number of nitrogens with zero attached hydrogens (tertiary/aromatic N) is 1. The average molecular weight is 267 g/mol. The third-order valence-corrected chi connectivity index (χ3v) is 4.91. The van der Waals surface area contributed by atoms with Gasteiger partial charge in [-0.3, -0.25) is 4.79 Å². The van der Waals surface area contributed by atoms with Gasteiger partial charge in [-0.05, 0) is 44.6 Å². The molecular formula is C16H29NO2. The third-order valence-electron chi connectivity index (χ3n) is 4.91. The highest BCUT2D eigenvalue weighted by Gasteiger charge is 2.25. The third kappa shape index (κ3) is 5.13. The first-order chi connectivity index (χ1) is 9.25. The molecule has 0 aromatic heterocycles. The maximum atomic E-state index is 10.8. The normalized spacial score (nSPS) is 27.1. The molecule has 2 fully saturated rings. The van der Waals surface area contributed by atoms with Crippen LogP contribution < -0.4 is 0 Å². The van der Waals surface area contributed by atoms with Gasteiger partial charge in [0.2, 0.25) is 0 Å². The van der Waals surface area contributed by atoms with Gasteiger partial charge in [-0.15, -0.1) is 0 Å². The number of carboxylic acid groups (broad SMARTS) is 1. The number of carboxylic acids is 1. The Balaban J connectivity index is 1.81. The largest absolute Gasteiger partial charge is 0.481 e. The zero-order valence-electron chi connectivity index (χ0n) is 12.1. The minimum absolute atomic E-state index is 0.339. The molecule has 1 aliphatic heterocycles. The SMILES string of the molecule is O=C(O)CCC1CCCCN1CC1CCCCCC1. The van der Waals surface area contributed by atoms with Crippen LogP contribution in [0.4, 0.5) is 0 Å². The van der Waals surface area contributed by atoms with Crippen molar-refractivity contribution in [2.45, 2.75) is 76.7 Å². The van der Waals surface area contributed by atoms with Gasteiger partial charge in [-0.2, -0.15) is 0 Å². The van der Waals surface area contributed by atoms with E-state index in [1.807, 2.05) is 0 Å². The van der Waals surface area contributed by atoms with Crippen LogP contribution in [0.15, 0.2) is 0 Å². The fraction of sp³-hybridized carbons (Fsp3) is 0.938. The van der Waals surface area contributed by atoms with E-state index in [1.165, 1.54) is 70.9 Å². The Labute approximate surface area is 117 Å². The minimum Gasteiger partial charge on any atom is -0.481 e. The first kappa shape index (κ1) is 14.8. The molecule has 0 spiro atoms. The van der Waals surface area contributed by atoms with Crippen LogP contribution in [0.5, 0.6) is 0 Å². The lowest BCUT2D eigenvalue weighted by Gasteiger charge is -2.37. The van der Waals surface area contributed by atoms with Crippen molar-refractivity contribution in [1.82, 2.24) is 4.90 Å². The molecule has 1 aliphatic carbocycles. The molecule has 1 unspecified atom stereocenters. The summed E-state index contributed by atoms with van der Waals surface area (Å²) in [5.74, 6) is 0.230. The van der Waals surface area contributed by atoms with Crippen molar-refractivity contribution in [1.29, 1.82) is 0 Å². The van der Waals surface area contributed by atoms with Crippen LogP contribution >= 0.6 is 0 Å². The van der Waals surface area contributed by atoms with E-state index in [4.69, 9.17) is 5.11 Å². The summed E-state index contributed by atoms with van der Waals surface area (Å²) in [4.78, 5) is 13.4. The molecule has 0 aromatic rings. The topological polar surface area (TPSA) is 40.5 Å². The van der Waals surface area contributed by atoms with Crippen LogP contribution in [0.25, 0.3) is 0 Å².